The summed E-state index contributed by atoms with van der Waals surface area (Å²) in [6.45, 7) is 15.3. The Hall–Kier alpha value is -3.10. The van der Waals surface area contributed by atoms with Crippen LogP contribution in [-0.2, 0) is 19.1 Å². The van der Waals surface area contributed by atoms with Crippen LogP contribution in [0.15, 0.2) is 18.2 Å². The molecule has 1 saturated carbocycles. The van der Waals surface area contributed by atoms with Gasteiger partial charge in [-0.05, 0) is 90.7 Å². The maximum Gasteiger partial charge on any atom is 0.408 e. The van der Waals surface area contributed by atoms with Gasteiger partial charge in [-0.25, -0.2) is 4.79 Å². The highest BCUT2D eigenvalue weighted by Gasteiger charge is 2.40. The van der Waals surface area contributed by atoms with Gasteiger partial charge in [-0.1, -0.05) is 56.9 Å². The Balaban J connectivity index is 2.61. The van der Waals surface area contributed by atoms with E-state index < -0.39 is 35.6 Å². The minimum atomic E-state index is -1.11. The Morgan fingerprint density at radius 3 is 2.19 bits per heavy atom. The largest absolute Gasteiger partial charge is 0.444 e. The number of primary amides is 1. The van der Waals surface area contributed by atoms with Crippen molar-refractivity contribution in [2.45, 2.75) is 143 Å². The molecule has 9 heteroatoms. The zero-order chi connectivity index (χ0) is 31.6. The third-order valence-corrected chi connectivity index (χ3v) is 7.76. The topological polar surface area (TPSA) is 131 Å². The van der Waals surface area contributed by atoms with Gasteiger partial charge in [0.2, 0.25) is 17.7 Å². The van der Waals surface area contributed by atoms with Crippen LogP contribution < -0.4 is 16.4 Å². The standard InChI is InChI=1S/C33H54N4O5/c1-21(2)14-16-24(5)37(31(40)27(18-19-28(34)38)36-32(41)42-33(6,7)8)29(26-17-15-22(3)20-23(26)4)30(39)35-25-12-10-9-11-13-25/h15,17,20-21,24-25,27,29H,9-14,16,18-19H2,1-8H3,(H2,34,38)(H,35,39)(H,36,41). The minimum absolute atomic E-state index is 0.00927. The lowest BCUT2D eigenvalue weighted by molar-refractivity contribution is -0.145. The quantitative estimate of drug-likeness (QED) is 0.277. The molecule has 9 nitrogen and oxygen atoms in total. The number of hydrogen-bond acceptors (Lipinski definition) is 5. The van der Waals surface area contributed by atoms with E-state index in [9.17, 15) is 19.2 Å². The lowest BCUT2D eigenvalue weighted by Crippen LogP contribution is -2.56. The molecule has 1 aliphatic carbocycles. The van der Waals surface area contributed by atoms with Gasteiger partial charge in [0.15, 0.2) is 0 Å². The van der Waals surface area contributed by atoms with E-state index in [1.165, 1.54) is 0 Å². The molecule has 236 valence electrons. The number of nitrogens with zero attached hydrogens (tertiary/aromatic N) is 1. The molecular formula is C33H54N4O5. The van der Waals surface area contributed by atoms with Gasteiger partial charge in [0.1, 0.15) is 17.7 Å². The van der Waals surface area contributed by atoms with E-state index in [0.717, 1.165) is 55.2 Å². The van der Waals surface area contributed by atoms with Crippen molar-refractivity contribution in [3.8, 4) is 0 Å². The monoisotopic (exact) mass is 586 g/mol. The van der Waals surface area contributed by atoms with E-state index in [4.69, 9.17) is 10.5 Å². The maximum atomic E-state index is 14.6. The van der Waals surface area contributed by atoms with E-state index in [0.29, 0.717) is 12.3 Å². The van der Waals surface area contributed by atoms with Crippen LogP contribution >= 0.6 is 0 Å². The van der Waals surface area contributed by atoms with Crippen LogP contribution in [0, 0.1) is 19.8 Å². The van der Waals surface area contributed by atoms with Crippen molar-refractivity contribution in [1.82, 2.24) is 15.5 Å². The van der Waals surface area contributed by atoms with Crippen LogP contribution in [0.5, 0.6) is 0 Å². The summed E-state index contributed by atoms with van der Waals surface area (Å²) in [5.41, 5.74) is 7.37. The van der Waals surface area contributed by atoms with Gasteiger partial charge in [-0.3, -0.25) is 14.4 Å². The second-order valence-corrected chi connectivity index (χ2v) is 13.4. The Labute approximate surface area is 252 Å². The van der Waals surface area contributed by atoms with E-state index in [-0.39, 0.29) is 30.8 Å². The first kappa shape index (κ1) is 35.1. The highest BCUT2D eigenvalue weighted by Crippen LogP contribution is 2.31. The van der Waals surface area contributed by atoms with Gasteiger partial charge in [0.25, 0.3) is 0 Å². The van der Waals surface area contributed by atoms with Gasteiger partial charge in [0.05, 0.1) is 0 Å². The first-order chi connectivity index (χ1) is 19.6. The van der Waals surface area contributed by atoms with E-state index in [1.807, 2.05) is 39.0 Å². The highest BCUT2D eigenvalue weighted by molar-refractivity contribution is 5.93. The third kappa shape index (κ3) is 11.3. The fourth-order valence-electron chi connectivity index (χ4n) is 5.56. The normalized spacial score (nSPS) is 16.3. The second-order valence-electron chi connectivity index (χ2n) is 13.4. The number of amides is 4. The number of carbonyl (C=O) groups is 4. The molecule has 0 bridgehead atoms. The number of nitrogens with one attached hydrogen (secondary N) is 2. The molecule has 0 aliphatic heterocycles. The Bertz CT molecular complexity index is 1070. The predicted molar refractivity (Wildman–Crippen MR) is 166 cm³/mol. The predicted octanol–water partition coefficient (Wildman–Crippen LogP) is 5.61. The lowest BCUT2D eigenvalue weighted by Gasteiger charge is -2.40. The average Bonchev–Trinajstić information content (AvgIpc) is 2.87. The lowest BCUT2D eigenvalue weighted by atomic mass is 9.91. The van der Waals surface area contributed by atoms with Crippen LogP contribution in [0.2, 0.25) is 0 Å². The van der Waals surface area contributed by atoms with Crippen LogP contribution in [0.25, 0.3) is 0 Å². The van der Waals surface area contributed by atoms with Gasteiger partial charge >= 0.3 is 6.09 Å². The SMILES string of the molecule is Cc1ccc(C(C(=O)NC2CCCCC2)N(C(=O)C(CCC(N)=O)NC(=O)OC(C)(C)C)C(C)CCC(C)C)c(C)c1. The summed E-state index contributed by atoms with van der Waals surface area (Å²) in [7, 11) is 0. The summed E-state index contributed by atoms with van der Waals surface area (Å²) in [6, 6.07) is 3.58. The second kappa shape index (κ2) is 15.9. The summed E-state index contributed by atoms with van der Waals surface area (Å²) in [4.78, 5) is 55.1. The number of alkyl carbamates (subject to hydrolysis) is 1. The zero-order valence-electron chi connectivity index (χ0n) is 27.0. The summed E-state index contributed by atoms with van der Waals surface area (Å²) in [6.07, 6.45) is 5.71. The van der Waals surface area contributed by atoms with Crippen LogP contribution in [-0.4, -0.2) is 52.4 Å². The molecule has 1 aromatic carbocycles. The minimum Gasteiger partial charge on any atom is -0.444 e. The zero-order valence-corrected chi connectivity index (χ0v) is 27.0. The number of rotatable bonds is 13. The molecule has 42 heavy (non-hydrogen) atoms. The van der Waals surface area contributed by atoms with Crippen LogP contribution in [0.4, 0.5) is 4.79 Å². The highest BCUT2D eigenvalue weighted by atomic mass is 16.6. The molecule has 1 fully saturated rings. The smallest absolute Gasteiger partial charge is 0.408 e. The molecule has 0 aromatic heterocycles. The number of nitrogens with two attached hydrogens (primary N) is 1. The summed E-state index contributed by atoms with van der Waals surface area (Å²) < 4.78 is 5.45. The maximum absolute atomic E-state index is 14.6. The molecule has 1 aliphatic rings. The Morgan fingerprint density at radius 1 is 1.00 bits per heavy atom. The number of ether oxygens (including phenoxy) is 1. The molecule has 0 saturated heterocycles. The van der Waals surface area contributed by atoms with Crippen LogP contribution in [0.3, 0.4) is 0 Å². The van der Waals surface area contributed by atoms with E-state index in [2.05, 4.69) is 24.5 Å². The molecule has 0 radical (unpaired) electrons. The summed E-state index contributed by atoms with van der Waals surface area (Å²) in [5.74, 6) is -0.864. The molecule has 3 unspecified atom stereocenters. The first-order valence-corrected chi connectivity index (χ1v) is 15.6. The fourth-order valence-corrected chi connectivity index (χ4v) is 5.56. The number of aryl methyl sites for hydroxylation is 2. The Kier molecular flexibility index (Phi) is 13.3. The third-order valence-electron chi connectivity index (χ3n) is 7.76. The summed E-state index contributed by atoms with van der Waals surface area (Å²) >= 11 is 0. The molecule has 2 rings (SSSR count). The summed E-state index contributed by atoms with van der Waals surface area (Å²) in [5, 5.41) is 5.94. The average molecular weight is 587 g/mol. The first-order valence-electron chi connectivity index (χ1n) is 15.6. The van der Waals surface area contributed by atoms with Crippen molar-refractivity contribution < 1.29 is 23.9 Å². The van der Waals surface area contributed by atoms with Crippen molar-refractivity contribution >= 4 is 23.8 Å². The van der Waals surface area contributed by atoms with Crippen molar-refractivity contribution in [1.29, 1.82) is 0 Å². The van der Waals surface area contributed by atoms with Gasteiger partial charge in [-0.15, -0.1) is 0 Å². The van der Waals surface area contributed by atoms with Crippen LogP contribution in [0.1, 0.15) is 122 Å². The number of carbonyl (C=O) groups excluding carboxylic acids is 4. The molecule has 0 heterocycles. The van der Waals surface area contributed by atoms with Gasteiger partial charge in [0, 0.05) is 18.5 Å². The Morgan fingerprint density at radius 2 is 1.64 bits per heavy atom. The molecule has 0 spiro atoms. The molecule has 1 aromatic rings. The van der Waals surface area contributed by atoms with Crippen molar-refractivity contribution in [2.75, 3.05) is 0 Å². The molecule has 4 amide bonds. The van der Waals surface area contributed by atoms with E-state index in [1.54, 1.807) is 25.7 Å². The van der Waals surface area contributed by atoms with Crippen molar-refractivity contribution in [3.05, 3.63) is 34.9 Å². The van der Waals surface area contributed by atoms with Crippen molar-refractivity contribution in [3.63, 3.8) is 0 Å². The van der Waals surface area contributed by atoms with Gasteiger partial charge < -0.3 is 26.0 Å². The van der Waals surface area contributed by atoms with Crippen molar-refractivity contribution in [2.24, 2.45) is 11.7 Å². The molecule has 3 atom stereocenters. The molecular weight excluding hydrogens is 532 g/mol. The van der Waals surface area contributed by atoms with Gasteiger partial charge in [-0.2, -0.15) is 0 Å². The molecule has 4 N–H and O–H groups in total. The number of hydrogen-bond donors (Lipinski definition) is 3. The number of benzene rings is 1. The fraction of sp³-hybridized carbons (Fsp3) is 0.697. The van der Waals surface area contributed by atoms with E-state index >= 15 is 0 Å².